The first-order valence-electron chi connectivity index (χ1n) is 5.25. The molecule has 0 spiro atoms. The molecule has 0 N–H and O–H groups in total. The van der Waals surface area contributed by atoms with Gasteiger partial charge in [0.05, 0.1) is 13.2 Å². The van der Waals surface area contributed by atoms with Gasteiger partial charge >= 0.3 is 0 Å². The van der Waals surface area contributed by atoms with Crippen LogP contribution in [0.4, 0.5) is 0 Å². The van der Waals surface area contributed by atoms with Crippen LogP contribution < -0.4 is 0 Å². The molecule has 82 valence electrons. The lowest BCUT2D eigenvalue weighted by molar-refractivity contribution is -0.188. The molecule has 0 aliphatic heterocycles. The fourth-order valence-corrected chi connectivity index (χ4v) is 2.03. The minimum atomic E-state index is 0.409. The van der Waals surface area contributed by atoms with Crippen LogP contribution in [-0.4, -0.2) is 19.6 Å². The first kappa shape index (κ1) is 11.5. The molecule has 14 heavy (non-hydrogen) atoms. The average Bonchev–Trinajstić information content (AvgIpc) is 2.52. The lowest BCUT2D eigenvalue weighted by atomic mass is 9.80. The highest BCUT2D eigenvalue weighted by molar-refractivity contribution is 5.45. The van der Waals surface area contributed by atoms with Gasteiger partial charge in [0, 0.05) is 0 Å². The van der Waals surface area contributed by atoms with Gasteiger partial charge in [-0.2, -0.15) is 4.89 Å². The van der Waals surface area contributed by atoms with E-state index in [1.165, 1.54) is 32.8 Å². The van der Waals surface area contributed by atoms with E-state index in [0.717, 1.165) is 5.92 Å². The van der Waals surface area contributed by atoms with Crippen LogP contribution in [0.3, 0.4) is 0 Å². The van der Waals surface area contributed by atoms with Crippen LogP contribution >= 0.6 is 0 Å². The molecule has 1 rings (SSSR count). The summed E-state index contributed by atoms with van der Waals surface area (Å²) < 4.78 is 0. The Hall–Kier alpha value is -0.570. The van der Waals surface area contributed by atoms with Crippen molar-refractivity contribution in [3.8, 4) is 0 Å². The van der Waals surface area contributed by atoms with E-state index in [-0.39, 0.29) is 0 Å². The molecule has 0 heterocycles. The zero-order valence-corrected chi connectivity index (χ0v) is 9.62. The average molecular weight is 199 g/mol. The molecular formula is C11H21NO2. The summed E-state index contributed by atoms with van der Waals surface area (Å²) in [5.41, 5.74) is 0.409. The second-order valence-corrected chi connectivity index (χ2v) is 5.05. The summed E-state index contributed by atoms with van der Waals surface area (Å²) in [5.74, 6) is 0.784. The Morgan fingerprint density at radius 2 is 2.00 bits per heavy atom. The van der Waals surface area contributed by atoms with Gasteiger partial charge in [-0.25, -0.2) is 0 Å². The van der Waals surface area contributed by atoms with Gasteiger partial charge in [-0.3, -0.25) is 4.99 Å². The van der Waals surface area contributed by atoms with E-state index in [2.05, 4.69) is 35.5 Å². The summed E-state index contributed by atoms with van der Waals surface area (Å²) in [7, 11) is 1.48. The number of hydrogen-bond acceptors (Lipinski definition) is 3. The van der Waals surface area contributed by atoms with Gasteiger partial charge in [-0.1, -0.05) is 20.8 Å². The first-order chi connectivity index (χ1) is 6.54. The molecule has 0 aromatic rings. The SMILES string of the molecule is COOC=N[C@@H]1CC[C@H](C(C)(C)C)C1. The predicted octanol–water partition coefficient (Wildman–Crippen LogP) is 2.81. The molecule has 3 heteroatoms. The van der Waals surface area contributed by atoms with Gasteiger partial charge in [-0.05, 0) is 30.6 Å². The maximum absolute atomic E-state index is 4.62. The zero-order chi connectivity index (χ0) is 10.6. The van der Waals surface area contributed by atoms with Crippen molar-refractivity contribution in [3.63, 3.8) is 0 Å². The summed E-state index contributed by atoms with van der Waals surface area (Å²) in [5, 5.41) is 0. The molecule has 1 fully saturated rings. The molecule has 2 atom stereocenters. The van der Waals surface area contributed by atoms with Gasteiger partial charge in [0.15, 0.2) is 0 Å². The predicted molar refractivity (Wildman–Crippen MR) is 57.2 cm³/mol. The molecular weight excluding hydrogens is 178 g/mol. The molecule has 0 unspecified atom stereocenters. The van der Waals surface area contributed by atoms with Crippen LogP contribution in [0.15, 0.2) is 4.99 Å². The molecule has 0 amide bonds. The van der Waals surface area contributed by atoms with Crippen molar-refractivity contribution in [2.24, 2.45) is 16.3 Å². The second-order valence-electron chi connectivity index (χ2n) is 5.05. The monoisotopic (exact) mass is 199 g/mol. The number of nitrogens with zero attached hydrogens (tertiary/aromatic N) is 1. The van der Waals surface area contributed by atoms with E-state index in [4.69, 9.17) is 0 Å². The largest absolute Gasteiger partial charge is 0.326 e. The number of hydrogen-bond donors (Lipinski definition) is 0. The Bertz CT molecular complexity index is 196. The Labute approximate surface area is 86.4 Å². The molecule has 1 saturated carbocycles. The summed E-state index contributed by atoms with van der Waals surface area (Å²) in [4.78, 5) is 13.4. The molecule has 3 nitrogen and oxygen atoms in total. The highest BCUT2D eigenvalue weighted by Crippen LogP contribution is 2.40. The Balaban J connectivity index is 2.34. The minimum absolute atomic E-state index is 0.409. The normalized spacial score (nSPS) is 28.6. The van der Waals surface area contributed by atoms with E-state index >= 15 is 0 Å². The van der Waals surface area contributed by atoms with Crippen molar-refractivity contribution < 1.29 is 9.78 Å². The Morgan fingerprint density at radius 3 is 2.50 bits per heavy atom. The molecule has 0 radical (unpaired) electrons. The molecule has 0 bridgehead atoms. The van der Waals surface area contributed by atoms with Gasteiger partial charge in [-0.15, -0.1) is 0 Å². The quantitative estimate of drug-likeness (QED) is 0.303. The topological polar surface area (TPSA) is 30.8 Å². The van der Waals surface area contributed by atoms with Crippen molar-refractivity contribution in [2.75, 3.05) is 7.11 Å². The fraction of sp³-hybridized carbons (Fsp3) is 0.909. The van der Waals surface area contributed by atoms with Crippen LogP contribution in [0.1, 0.15) is 40.0 Å². The smallest absolute Gasteiger partial charge is 0.215 e. The van der Waals surface area contributed by atoms with Crippen molar-refractivity contribution in [2.45, 2.75) is 46.1 Å². The minimum Gasteiger partial charge on any atom is -0.326 e. The van der Waals surface area contributed by atoms with Gasteiger partial charge < -0.3 is 4.89 Å². The third-order valence-corrected chi connectivity index (χ3v) is 3.04. The summed E-state index contributed by atoms with van der Waals surface area (Å²) in [6.45, 7) is 6.90. The lowest BCUT2D eigenvalue weighted by Gasteiger charge is -2.26. The fourth-order valence-electron chi connectivity index (χ4n) is 2.03. The third kappa shape index (κ3) is 3.29. The molecule has 0 saturated heterocycles. The van der Waals surface area contributed by atoms with Crippen LogP contribution in [0, 0.1) is 11.3 Å². The maximum atomic E-state index is 4.62. The van der Waals surface area contributed by atoms with Gasteiger partial charge in [0.1, 0.15) is 0 Å². The van der Waals surface area contributed by atoms with Gasteiger partial charge in [0.2, 0.25) is 6.40 Å². The summed E-state index contributed by atoms with van der Waals surface area (Å²) in [6, 6.07) is 0.425. The van der Waals surface area contributed by atoms with E-state index in [9.17, 15) is 0 Å². The summed E-state index contributed by atoms with van der Waals surface area (Å²) >= 11 is 0. The lowest BCUT2D eigenvalue weighted by Crippen LogP contribution is -2.17. The van der Waals surface area contributed by atoms with Crippen LogP contribution in [0.2, 0.25) is 0 Å². The second kappa shape index (κ2) is 4.78. The number of aliphatic imine (C=N–C) groups is 1. The van der Waals surface area contributed by atoms with Crippen molar-refractivity contribution in [1.29, 1.82) is 0 Å². The highest BCUT2D eigenvalue weighted by atomic mass is 17.2. The van der Waals surface area contributed by atoms with Crippen molar-refractivity contribution >= 4 is 6.40 Å². The maximum Gasteiger partial charge on any atom is 0.215 e. The molecule has 0 aromatic heterocycles. The Morgan fingerprint density at radius 1 is 1.29 bits per heavy atom. The van der Waals surface area contributed by atoms with Crippen LogP contribution in [-0.2, 0) is 9.78 Å². The zero-order valence-electron chi connectivity index (χ0n) is 9.62. The van der Waals surface area contributed by atoms with Gasteiger partial charge in [0.25, 0.3) is 0 Å². The van der Waals surface area contributed by atoms with E-state index in [0.29, 0.717) is 11.5 Å². The van der Waals surface area contributed by atoms with Crippen LogP contribution in [0.25, 0.3) is 0 Å². The number of rotatable bonds is 3. The third-order valence-electron chi connectivity index (χ3n) is 3.04. The Kier molecular flexibility index (Phi) is 3.93. The van der Waals surface area contributed by atoms with Crippen molar-refractivity contribution in [3.05, 3.63) is 0 Å². The molecule has 1 aliphatic rings. The summed E-state index contributed by atoms with van der Waals surface area (Å²) in [6.07, 6.45) is 5.03. The van der Waals surface area contributed by atoms with Crippen LogP contribution in [0.5, 0.6) is 0 Å². The first-order valence-corrected chi connectivity index (χ1v) is 5.25. The standard InChI is InChI=1S/C11H21NO2/c1-11(2,3)9-5-6-10(7-9)12-8-14-13-4/h8-10H,5-7H2,1-4H3/t9-,10+/m0/s1. The van der Waals surface area contributed by atoms with Crippen molar-refractivity contribution in [1.82, 2.24) is 0 Å². The van der Waals surface area contributed by atoms with E-state index < -0.39 is 0 Å². The van der Waals surface area contributed by atoms with E-state index in [1.54, 1.807) is 0 Å². The molecule has 1 aliphatic carbocycles. The van der Waals surface area contributed by atoms with E-state index in [1.807, 2.05) is 0 Å². The highest BCUT2D eigenvalue weighted by Gasteiger charge is 2.32. The molecule has 0 aromatic carbocycles.